The zero-order valence-corrected chi connectivity index (χ0v) is 6.22. The fraction of sp³-hybridized carbons (Fsp3) is 0.833. The van der Waals surface area contributed by atoms with Gasteiger partial charge in [0.05, 0.1) is 0 Å². The summed E-state index contributed by atoms with van der Waals surface area (Å²) in [5.74, 6) is -0.104. The molecular formula is C6H14N2O2. The average molecular weight is 146 g/mol. The molecule has 0 aromatic carbocycles. The molecule has 0 radical (unpaired) electrons. The van der Waals surface area contributed by atoms with E-state index in [0.717, 1.165) is 0 Å². The second-order valence-corrected chi connectivity index (χ2v) is 1.78. The molecular weight excluding hydrogens is 132 g/mol. The van der Waals surface area contributed by atoms with E-state index in [1.165, 1.54) is 0 Å². The Bertz CT molecular complexity index is 85.7. The van der Waals surface area contributed by atoms with Gasteiger partial charge in [-0.1, -0.05) is 0 Å². The van der Waals surface area contributed by atoms with Crippen LogP contribution >= 0.6 is 0 Å². The number of carbonyl (C=O) groups excluding carboxylic acids is 1. The van der Waals surface area contributed by atoms with E-state index in [9.17, 15) is 4.79 Å². The van der Waals surface area contributed by atoms with Gasteiger partial charge < -0.3 is 15.8 Å². The molecule has 0 saturated heterocycles. The number of nitrogens with two attached hydrogens (primary N) is 1. The first kappa shape index (κ1) is 9.39. The summed E-state index contributed by atoms with van der Waals surface area (Å²) in [6.07, 6.45) is 0. The fourth-order valence-electron chi connectivity index (χ4n) is 0.457. The Hall–Kier alpha value is -0.610. The summed E-state index contributed by atoms with van der Waals surface area (Å²) in [6.45, 7) is 3.53. The molecule has 3 N–H and O–H groups in total. The maximum atomic E-state index is 10.7. The van der Waals surface area contributed by atoms with Gasteiger partial charge in [0, 0.05) is 19.7 Å². The predicted molar refractivity (Wildman–Crippen MR) is 38.6 cm³/mol. The van der Waals surface area contributed by atoms with E-state index in [2.05, 4.69) is 5.32 Å². The van der Waals surface area contributed by atoms with Crippen molar-refractivity contribution in [2.24, 2.45) is 5.73 Å². The first-order valence-electron chi connectivity index (χ1n) is 3.35. The number of rotatable bonds is 5. The van der Waals surface area contributed by atoms with Crippen molar-refractivity contribution in [3.63, 3.8) is 0 Å². The smallest absolute Gasteiger partial charge is 0.246 e. The largest absolute Gasteiger partial charge is 0.372 e. The molecule has 1 amide bonds. The van der Waals surface area contributed by atoms with Crippen molar-refractivity contribution in [3.05, 3.63) is 0 Å². The Kier molecular flexibility index (Phi) is 6.11. The molecule has 0 unspecified atom stereocenters. The third kappa shape index (κ3) is 5.53. The number of nitrogens with one attached hydrogen (secondary N) is 1. The summed E-state index contributed by atoms with van der Waals surface area (Å²) >= 11 is 0. The van der Waals surface area contributed by atoms with Crippen molar-refractivity contribution < 1.29 is 9.53 Å². The molecule has 0 atom stereocenters. The van der Waals surface area contributed by atoms with Crippen molar-refractivity contribution >= 4 is 5.91 Å². The van der Waals surface area contributed by atoms with Crippen LogP contribution in [0.2, 0.25) is 0 Å². The molecule has 0 aromatic rings. The van der Waals surface area contributed by atoms with Gasteiger partial charge in [0.2, 0.25) is 5.91 Å². The molecule has 0 bridgehead atoms. The van der Waals surface area contributed by atoms with Crippen molar-refractivity contribution in [1.29, 1.82) is 0 Å². The molecule has 0 spiro atoms. The quantitative estimate of drug-likeness (QED) is 0.528. The van der Waals surface area contributed by atoms with Crippen molar-refractivity contribution in [1.82, 2.24) is 5.32 Å². The summed E-state index contributed by atoms with van der Waals surface area (Å²) in [5.41, 5.74) is 5.15. The van der Waals surface area contributed by atoms with Crippen LogP contribution in [-0.4, -0.2) is 32.2 Å². The maximum Gasteiger partial charge on any atom is 0.246 e. The van der Waals surface area contributed by atoms with Crippen LogP contribution in [0.25, 0.3) is 0 Å². The molecule has 0 aliphatic rings. The SMILES string of the molecule is CCOCC(=O)NCCN. The van der Waals surface area contributed by atoms with E-state index in [1.54, 1.807) is 0 Å². The zero-order chi connectivity index (χ0) is 7.82. The molecule has 4 nitrogen and oxygen atoms in total. The van der Waals surface area contributed by atoms with Crippen molar-refractivity contribution in [2.75, 3.05) is 26.3 Å². The lowest BCUT2D eigenvalue weighted by molar-refractivity contribution is -0.125. The van der Waals surface area contributed by atoms with E-state index < -0.39 is 0 Å². The molecule has 0 aromatic heterocycles. The van der Waals surface area contributed by atoms with Crippen molar-refractivity contribution in [2.45, 2.75) is 6.92 Å². The van der Waals surface area contributed by atoms with E-state index in [0.29, 0.717) is 19.7 Å². The Morgan fingerprint density at radius 3 is 2.90 bits per heavy atom. The van der Waals surface area contributed by atoms with Gasteiger partial charge >= 0.3 is 0 Å². The lowest BCUT2D eigenvalue weighted by Gasteiger charge is -2.01. The number of carbonyl (C=O) groups is 1. The Balaban J connectivity index is 3.09. The van der Waals surface area contributed by atoms with Crippen LogP contribution < -0.4 is 11.1 Å². The molecule has 0 aliphatic carbocycles. The Labute approximate surface area is 60.7 Å². The monoisotopic (exact) mass is 146 g/mol. The minimum Gasteiger partial charge on any atom is -0.372 e. The summed E-state index contributed by atoms with van der Waals surface area (Å²) in [6, 6.07) is 0. The second kappa shape index (κ2) is 6.51. The van der Waals surface area contributed by atoms with Gasteiger partial charge in [0.25, 0.3) is 0 Å². The Morgan fingerprint density at radius 1 is 1.70 bits per heavy atom. The highest BCUT2D eigenvalue weighted by Crippen LogP contribution is 1.71. The molecule has 0 saturated carbocycles. The highest BCUT2D eigenvalue weighted by atomic mass is 16.5. The lowest BCUT2D eigenvalue weighted by atomic mass is 10.6. The van der Waals surface area contributed by atoms with Crippen LogP contribution in [-0.2, 0) is 9.53 Å². The first-order chi connectivity index (χ1) is 4.81. The van der Waals surface area contributed by atoms with Crippen LogP contribution in [0.3, 0.4) is 0 Å². The normalized spacial score (nSPS) is 9.40. The third-order valence-electron chi connectivity index (χ3n) is 0.904. The van der Waals surface area contributed by atoms with E-state index in [-0.39, 0.29) is 12.5 Å². The van der Waals surface area contributed by atoms with E-state index >= 15 is 0 Å². The summed E-state index contributed by atoms with van der Waals surface area (Å²) in [7, 11) is 0. The number of ether oxygens (including phenoxy) is 1. The molecule has 4 heteroatoms. The summed E-state index contributed by atoms with van der Waals surface area (Å²) in [5, 5.41) is 2.58. The lowest BCUT2D eigenvalue weighted by Crippen LogP contribution is -2.31. The maximum absolute atomic E-state index is 10.7. The topological polar surface area (TPSA) is 64.3 Å². The van der Waals surface area contributed by atoms with Gasteiger partial charge in [0.15, 0.2) is 0 Å². The van der Waals surface area contributed by atoms with Crippen LogP contribution in [0.15, 0.2) is 0 Å². The Morgan fingerprint density at radius 2 is 2.40 bits per heavy atom. The number of amides is 1. The van der Waals surface area contributed by atoms with Gasteiger partial charge in [0.1, 0.15) is 6.61 Å². The van der Waals surface area contributed by atoms with Gasteiger partial charge in [-0.15, -0.1) is 0 Å². The number of hydrogen-bond donors (Lipinski definition) is 2. The average Bonchev–Trinajstić information content (AvgIpc) is 1.97. The third-order valence-corrected chi connectivity index (χ3v) is 0.904. The van der Waals surface area contributed by atoms with Gasteiger partial charge in [-0.05, 0) is 6.92 Å². The predicted octanol–water partition coefficient (Wildman–Crippen LogP) is -0.902. The molecule has 0 rings (SSSR count). The van der Waals surface area contributed by atoms with Gasteiger partial charge in [-0.25, -0.2) is 0 Å². The fourth-order valence-corrected chi connectivity index (χ4v) is 0.457. The van der Waals surface area contributed by atoms with Gasteiger partial charge in [-0.2, -0.15) is 0 Å². The molecule has 0 heterocycles. The number of hydrogen-bond acceptors (Lipinski definition) is 3. The molecule has 0 fully saturated rings. The van der Waals surface area contributed by atoms with Crippen molar-refractivity contribution in [3.8, 4) is 0 Å². The minimum atomic E-state index is -0.104. The molecule has 60 valence electrons. The van der Waals surface area contributed by atoms with Crippen LogP contribution in [0.4, 0.5) is 0 Å². The van der Waals surface area contributed by atoms with Crippen LogP contribution in [0.5, 0.6) is 0 Å². The molecule has 0 aliphatic heterocycles. The summed E-state index contributed by atoms with van der Waals surface area (Å²) in [4.78, 5) is 10.7. The second-order valence-electron chi connectivity index (χ2n) is 1.78. The van der Waals surface area contributed by atoms with E-state index in [4.69, 9.17) is 10.5 Å². The minimum absolute atomic E-state index is 0.104. The first-order valence-corrected chi connectivity index (χ1v) is 3.35. The summed E-state index contributed by atoms with van der Waals surface area (Å²) < 4.78 is 4.84. The van der Waals surface area contributed by atoms with Gasteiger partial charge in [-0.3, -0.25) is 4.79 Å². The standard InChI is InChI=1S/C6H14N2O2/c1-2-10-5-6(9)8-4-3-7/h2-5,7H2,1H3,(H,8,9). The highest BCUT2D eigenvalue weighted by Gasteiger charge is 1.96. The van der Waals surface area contributed by atoms with Crippen LogP contribution in [0.1, 0.15) is 6.92 Å². The van der Waals surface area contributed by atoms with E-state index in [1.807, 2.05) is 6.92 Å². The zero-order valence-electron chi connectivity index (χ0n) is 6.22. The van der Waals surface area contributed by atoms with Crippen LogP contribution in [0, 0.1) is 0 Å². The molecule has 10 heavy (non-hydrogen) atoms. The highest BCUT2D eigenvalue weighted by molar-refractivity contribution is 5.77.